The highest BCUT2D eigenvalue weighted by Gasteiger charge is 1.91. The molecule has 0 aromatic carbocycles. The van der Waals surface area contributed by atoms with E-state index in [9.17, 15) is 13.2 Å². The van der Waals surface area contributed by atoms with Crippen molar-refractivity contribution in [3.05, 3.63) is 17.5 Å². The van der Waals surface area contributed by atoms with E-state index >= 15 is 0 Å². The Morgan fingerprint density at radius 3 is 1.75 bits per heavy atom. The molecular formula is C13H24F3N3O2S3. The molecule has 0 bridgehead atoms. The fourth-order valence-corrected chi connectivity index (χ4v) is 1.92. The first-order chi connectivity index (χ1) is 11.1. The number of aliphatic hydroxyl groups excluding tert-OH is 2. The van der Waals surface area contributed by atoms with E-state index in [4.69, 9.17) is 10.2 Å². The van der Waals surface area contributed by atoms with Gasteiger partial charge in [-0.25, -0.2) is 0 Å². The van der Waals surface area contributed by atoms with Gasteiger partial charge in [0.05, 0.1) is 5.00 Å². The van der Waals surface area contributed by atoms with Crippen molar-refractivity contribution in [3.63, 3.8) is 0 Å². The Morgan fingerprint density at radius 2 is 1.58 bits per heavy atom. The number of thiocarbonyl (C=S) groups is 2. The number of nitrogens with two attached hydrogens (primary N) is 1. The molecule has 0 atom stereocenters. The molecule has 0 spiro atoms. The molecule has 5 N–H and O–H groups in total. The summed E-state index contributed by atoms with van der Waals surface area (Å²) in [4.78, 5) is 2.38. The zero-order valence-electron chi connectivity index (χ0n) is 13.7. The standard InChI is InChI=1S/C6H15N.C5H5NOS2.CHF3.CH3NOS/c1-4-7(5-2)6-3;7-5(8)6-4-2-1-3-9-4;2*2-1(3)4/h4-6H2,1-3H3;1-3H,(H2,6,7,8);1H;(H3,2,3,4). The van der Waals surface area contributed by atoms with Crippen LogP contribution in [0.2, 0.25) is 0 Å². The van der Waals surface area contributed by atoms with E-state index in [1.54, 1.807) is 0 Å². The minimum Gasteiger partial charge on any atom is -0.487 e. The Morgan fingerprint density at radius 1 is 1.21 bits per heavy atom. The summed E-state index contributed by atoms with van der Waals surface area (Å²) in [7, 11) is 0. The van der Waals surface area contributed by atoms with Crippen LogP contribution in [-0.2, 0) is 0 Å². The van der Waals surface area contributed by atoms with Crippen molar-refractivity contribution in [1.29, 1.82) is 0 Å². The SMILES string of the molecule is CCN(CC)CC.FC(F)F.NC(O)=S.OC(=S)Nc1cccs1. The van der Waals surface area contributed by atoms with Gasteiger partial charge in [-0.15, -0.1) is 11.3 Å². The van der Waals surface area contributed by atoms with Crippen molar-refractivity contribution >= 4 is 51.1 Å². The number of aliphatic hydroxyl groups is 2. The number of anilines is 1. The van der Waals surface area contributed by atoms with Crippen LogP contribution < -0.4 is 11.1 Å². The number of thiophene rings is 1. The van der Waals surface area contributed by atoms with Crippen LogP contribution in [-0.4, -0.2) is 51.8 Å². The van der Waals surface area contributed by atoms with Crippen LogP contribution in [0, 0.1) is 0 Å². The van der Waals surface area contributed by atoms with E-state index in [1.807, 2.05) is 17.5 Å². The molecule has 1 heterocycles. The summed E-state index contributed by atoms with van der Waals surface area (Å²) >= 11 is 9.76. The summed E-state index contributed by atoms with van der Waals surface area (Å²) in [6.45, 7) is 6.46. The van der Waals surface area contributed by atoms with E-state index < -0.39 is 11.9 Å². The lowest BCUT2D eigenvalue weighted by Gasteiger charge is -2.13. The molecule has 1 aromatic heterocycles. The van der Waals surface area contributed by atoms with Crippen LogP contribution in [0.15, 0.2) is 17.5 Å². The molecule has 1 rings (SSSR count). The van der Waals surface area contributed by atoms with Crippen molar-refractivity contribution < 1.29 is 23.4 Å². The van der Waals surface area contributed by atoms with Crippen molar-refractivity contribution in [2.75, 3.05) is 25.0 Å². The Balaban J connectivity index is -0.000000263. The maximum Gasteiger partial charge on any atom is 0.379 e. The molecule has 0 saturated carbocycles. The van der Waals surface area contributed by atoms with Crippen LogP contribution >= 0.6 is 35.8 Å². The molecule has 0 saturated heterocycles. The van der Waals surface area contributed by atoms with Crippen LogP contribution in [0.4, 0.5) is 18.2 Å². The number of nitrogens with one attached hydrogen (secondary N) is 1. The summed E-state index contributed by atoms with van der Waals surface area (Å²) in [5.74, 6) is 0. The molecule has 0 amide bonds. The van der Waals surface area contributed by atoms with Crippen molar-refractivity contribution in [2.45, 2.75) is 27.5 Å². The molecule has 11 heteroatoms. The normalized spacial score (nSPS) is 8.83. The molecule has 0 aliphatic carbocycles. The zero-order valence-corrected chi connectivity index (χ0v) is 16.2. The Hall–Kier alpha value is -1.17. The quantitative estimate of drug-likeness (QED) is 0.554. The lowest BCUT2D eigenvalue weighted by molar-refractivity contribution is 0.00819. The maximum absolute atomic E-state index is 9.67. The Kier molecular flexibility index (Phi) is 22.9. The van der Waals surface area contributed by atoms with Gasteiger partial charge in [0.1, 0.15) is 0 Å². The van der Waals surface area contributed by atoms with Crippen molar-refractivity contribution in [3.8, 4) is 0 Å². The molecule has 142 valence electrons. The van der Waals surface area contributed by atoms with Crippen molar-refractivity contribution in [1.82, 2.24) is 4.90 Å². The summed E-state index contributed by atoms with van der Waals surface area (Å²) < 4.78 is 29.0. The minimum atomic E-state index is -3.67. The largest absolute Gasteiger partial charge is 0.487 e. The molecule has 0 aliphatic heterocycles. The monoisotopic (exact) mass is 407 g/mol. The third-order valence-corrected chi connectivity index (χ3v) is 2.98. The average Bonchev–Trinajstić information content (AvgIpc) is 2.92. The predicted octanol–water partition coefficient (Wildman–Crippen LogP) is 4.32. The number of hydrogen-bond donors (Lipinski definition) is 4. The van der Waals surface area contributed by atoms with Gasteiger partial charge < -0.3 is 26.2 Å². The highest BCUT2D eigenvalue weighted by atomic mass is 32.1. The minimum absolute atomic E-state index is 0.183. The second-order valence-corrected chi connectivity index (χ2v) is 5.37. The van der Waals surface area contributed by atoms with Gasteiger partial charge in [0.15, 0.2) is 0 Å². The molecule has 0 unspecified atom stereocenters. The van der Waals surface area contributed by atoms with Gasteiger partial charge in [-0.1, -0.05) is 20.8 Å². The summed E-state index contributed by atoms with van der Waals surface area (Å²) in [5.41, 5.74) is 4.40. The maximum atomic E-state index is 9.67. The van der Waals surface area contributed by atoms with Gasteiger partial charge in [0.25, 0.3) is 10.3 Å². The van der Waals surface area contributed by atoms with E-state index in [0.29, 0.717) is 0 Å². The Labute approximate surface area is 155 Å². The highest BCUT2D eigenvalue weighted by Crippen LogP contribution is 2.14. The van der Waals surface area contributed by atoms with Crippen LogP contribution in [0.25, 0.3) is 0 Å². The molecular weight excluding hydrogens is 383 g/mol. The number of hydrogen-bond acceptors (Lipinski definition) is 4. The number of halogens is 3. The fourth-order valence-electron chi connectivity index (χ4n) is 1.13. The molecule has 0 fully saturated rings. The van der Waals surface area contributed by atoms with Gasteiger partial charge in [-0.3, -0.25) is 0 Å². The third kappa shape index (κ3) is 32.7. The predicted molar refractivity (Wildman–Crippen MR) is 103 cm³/mol. The number of alkyl halides is 3. The highest BCUT2D eigenvalue weighted by molar-refractivity contribution is 7.80. The lowest BCUT2D eigenvalue weighted by Crippen LogP contribution is -2.21. The summed E-state index contributed by atoms with van der Waals surface area (Å²) in [5, 5.41) is 20.8. The molecule has 5 nitrogen and oxygen atoms in total. The van der Waals surface area contributed by atoms with E-state index in [-0.39, 0.29) is 5.17 Å². The second kappa shape index (κ2) is 19.9. The molecule has 0 aliphatic rings. The Bertz CT molecular complexity index is 394. The topological polar surface area (TPSA) is 81.8 Å². The lowest BCUT2D eigenvalue weighted by atomic mass is 10.5. The van der Waals surface area contributed by atoms with Crippen LogP contribution in [0.1, 0.15) is 20.8 Å². The molecule has 1 aromatic rings. The van der Waals surface area contributed by atoms with Gasteiger partial charge >= 0.3 is 6.68 Å². The zero-order chi connectivity index (χ0) is 19.5. The average molecular weight is 408 g/mol. The first-order valence-corrected chi connectivity index (χ1v) is 8.46. The third-order valence-electron chi connectivity index (χ3n) is 2.09. The van der Waals surface area contributed by atoms with E-state index in [2.05, 4.69) is 61.2 Å². The van der Waals surface area contributed by atoms with Gasteiger partial charge in [-0.2, -0.15) is 13.2 Å². The summed E-state index contributed by atoms with van der Waals surface area (Å²) in [6.07, 6.45) is 0. The number of rotatable bonds is 4. The van der Waals surface area contributed by atoms with Crippen LogP contribution in [0.5, 0.6) is 0 Å². The van der Waals surface area contributed by atoms with Gasteiger partial charge in [0.2, 0.25) is 0 Å². The second-order valence-electron chi connectivity index (χ2n) is 3.61. The van der Waals surface area contributed by atoms with Gasteiger partial charge in [-0.05, 0) is 61.6 Å². The molecule has 24 heavy (non-hydrogen) atoms. The smallest absolute Gasteiger partial charge is 0.379 e. The number of nitrogens with zero attached hydrogens (tertiary/aromatic N) is 1. The van der Waals surface area contributed by atoms with E-state index in [1.165, 1.54) is 31.0 Å². The van der Waals surface area contributed by atoms with Crippen molar-refractivity contribution in [2.24, 2.45) is 5.73 Å². The summed E-state index contributed by atoms with van der Waals surface area (Å²) in [6, 6.07) is 3.72. The van der Waals surface area contributed by atoms with Gasteiger partial charge in [0, 0.05) is 0 Å². The first kappa shape index (κ1) is 27.7. The first-order valence-electron chi connectivity index (χ1n) is 6.76. The van der Waals surface area contributed by atoms with E-state index in [0.717, 1.165) is 5.00 Å². The fraction of sp³-hybridized carbons (Fsp3) is 0.538. The van der Waals surface area contributed by atoms with Crippen LogP contribution in [0.3, 0.4) is 0 Å². The molecule has 0 radical (unpaired) electrons.